The van der Waals surface area contributed by atoms with Crippen LogP contribution >= 0.6 is 0 Å². The lowest BCUT2D eigenvalue weighted by atomic mass is 9.97. The summed E-state index contributed by atoms with van der Waals surface area (Å²) in [4.78, 5) is 5.89. The molecule has 3 heteroatoms. The molecular weight excluding hydrogens is 306 g/mol. The molecule has 0 unspecified atom stereocenters. The first-order valence-corrected chi connectivity index (χ1v) is 9.43. The summed E-state index contributed by atoms with van der Waals surface area (Å²) < 4.78 is 0. The lowest BCUT2D eigenvalue weighted by molar-refractivity contribution is 0.169. The van der Waals surface area contributed by atoms with Gasteiger partial charge in [0.1, 0.15) is 0 Å². The fourth-order valence-corrected chi connectivity index (χ4v) is 4.85. The molecule has 0 aliphatic carbocycles. The number of nitrogens with zero attached hydrogens (tertiary/aromatic N) is 1. The summed E-state index contributed by atoms with van der Waals surface area (Å²) in [6.45, 7) is 0. The van der Waals surface area contributed by atoms with E-state index in [1.54, 1.807) is 0 Å². The molecule has 2 N–H and O–H groups in total. The predicted molar refractivity (Wildman–Crippen MR) is 105 cm³/mol. The maximum absolute atomic E-state index is 3.78. The Bertz CT molecular complexity index is 866. The summed E-state index contributed by atoms with van der Waals surface area (Å²) >= 11 is 0. The minimum absolute atomic E-state index is 0.618. The average molecular weight is 331 g/mol. The van der Waals surface area contributed by atoms with Gasteiger partial charge in [0.2, 0.25) is 0 Å². The molecule has 2 bridgehead atoms. The molecule has 2 aromatic carbocycles. The molecule has 128 valence electrons. The van der Waals surface area contributed by atoms with E-state index in [2.05, 4.69) is 70.8 Å². The Morgan fingerprint density at radius 2 is 1.72 bits per heavy atom. The fraction of sp³-hybridized carbons (Fsp3) is 0.364. The number of H-pyrrole nitrogens is 1. The first-order chi connectivity index (χ1) is 12.3. The van der Waals surface area contributed by atoms with Crippen molar-refractivity contribution in [3.8, 4) is 11.1 Å². The highest BCUT2D eigenvalue weighted by atomic mass is 15.2. The second-order valence-electron chi connectivity index (χ2n) is 7.68. The number of hydrogen-bond donors (Lipinski definition) is 2. The molecule has 0 saturated carbocycles. The number of nitrogens with one attached hydrogen (secondary N) is 2. The maximum atomic E-state index is 3.78. The van der Waals surface area contributed by atoms with Gasteiger partial charge in [-0.1, -0.05) is 24.3 Å². The minimum atomic E-state index is 0.618. The van der Waals surface area contributed by atoms with E-state index in [1.165, 1.54) is 53.4 Å². The van der Waals surface area contributed by atoms with Crippen molar-refractivity contribution in [1.29, 1.82) is 0 Å². The Kier molecular flexibility index (Phi) is 3.56. The molecule has 2 fully saturated rings. The van der Waals surface area contributed by atoms with Crippen LogP contribution in [0, 0.1) is 0 Å². The number of fused-ring (bicyclic) bond motifs is 3. The molecule has 0 spiro atoms. The van der Waals surface area contributed by atoms with Crippen LogP contribution in [0.5, 0.6) is 0 Å². The Hall–Kier alpha value is -2.26. The van der Waals surface area contributed by atoms with Crippen molar-refractivity contribution in [1.82, 2.24) is 9.88 Å². The highest BCUT2D eigenvalue weighted by Crippen LogP contribution is 2.36. The smallest absolute Gasteiger partial charge is 0.0460 e. The van der Waals surface area contributed by atoms with Gasteiger partial charge < -0.3 is 15.2 Å². The van der Waals surface area contributed by atoms with Crippen molar-refractivity contribution >= 4 is 16.6 Å². The highest BCUT2D eigenvalue weighted by molar-refractivity contribution is 5.95. The molecule has 2 aliphatic heterocycles. The second-order valence-corrected chi connectivity index (χ2v) is 7.68. The van der Waals surface area contributed by atoms with Crippen LogP contribution in [0.3, 0.4) is 0 Å². The quantitative estimate of drug-likeness (QED) is 0.717. The molecule has 5 rings (SSSR count). The van der Waals surface area contributed by atoms with Crippen molar-refractivity contribution in [2.75, 3.05) is 12.4 Å². The Balaban J connectivity index is 1.35. The number of rotatable bonds is 3. The summed E-state index contributed by atoms with van der Waals surface area (Å²) in [5, 5.41) is 5.07. The summed E-state index contributed by atoms with van der Waals surface area (Å²) in [5.41, 5.74) is 5.02. The molecule has 3 heterocycles. The van der Waals surface area contributed by atoms with Crippen LogP contribution in [0.1, 0.15) is 25.7 Å². The first-order valence-electron chi connectivity index (χ1n) is 9.43. The van der Waals surface area contributed by atoms with Gasteiger partial charge in [0.25, 0.3) is 0 Å². The molecule has 3 nitrogen and oxygen atoms in total. The summed E-state index contributed by atoms with van der Waals surface area (Å²) in [7, 11) is 2.30. The summed E-state index contributed by atoms with van der Waals surface area (Å²) in [5.74, 6) is 0. The fourth-order valence-electron chi connectivity index (χ4n) is 4.85. The van der Waals surface area contributed by atoms with E-state index in [9.17, 15) is 0 Å². The molecule has 1 aromatic heterocycles. The molecule has 0 amide bonds. The molecule has 0 radical (unpaired) electrons. The van der Waals surface area contributed by atoms with Crippen molar-refractivity contribution in [3.05, 3.63) is 54.7 Å². The molecule has 25 heavy (non-hydrogen) atoms. The van der Waals surface area contributed by atoms with Crippen LogP contribution in [0.25, 0.3) is 22.0 Å². The zero-order valence-electron chi connectivity index (χ0n) is 14.7. The van der Waals surface area contributed by atoms with Gasteiger partial charge in [0.15, 0.2) is 0 Å². The Morgan fingerprint density at radius 1 is 0.960 bits per heavy atom. The van der Waals surface area contributed by atoms with Gasteiger partial charge in [-0.2, -0.15) is 0 Å². The average Bonchev–Trinajstić information content (AvgIpc) is 3.17. The van der Waals surface area contributed by atoms with Gasteiger partial charge in [0, 0.05) is 40.9 Å². The normalized spacial score (nSPS) is 26.2. The number of piperidine rings is 1. The van der Waals surface area contributed by atoms with Crippen LogP contribution < -0.4 is 5.32 Å². The lowest BCUT2D eigenvalue weighted by Gasteiger charge is -2.37. The third kappa shape index (κ3) is 2.63. The van der Waals surface area contributed by atoms with Crippen LogP contribution in [0.4, 0.5) is 5.69 Å². The van der Waals surface area contributed by atoms with E-state index in [0.717, 1.165) is 12.1 Å². The second kappa shape index (κ2) is 5.92. The Morgan fingerprint density at radius 3 is 2.48 bits per heavy atom. The standard InChI is InChI=1S/C22H25N3/c1-25-18-9-10-19(25)14-17(13-18)24-16-7-5-15(6-8-16)20-3-2-4-22-21(20)11-12-23-22/h2-8,11-12,17-19,23-24H,9-10,13-14H2,1H3/t17-,18+,19-. The maximum Gasteiger partial charge on any atom is 0.0460 e. The van der Waals surface area contributed by atoms with E-state index in [1.807, 2.05) is 6.20 Å². The zero-order chi connectivity index (χ0) is 16.8. The van der Waals surface area contributed by atoms with E-state index >= 15 is 0 Å². The van der Waals surface area contributed by atoms with E-state index < -0.39 is 0 Å². The van der Waals surface area contributed by atoms with Gasteiger partial charge >= 0.3 is 0 Å². The minimum Gasteiger partial charge on any atom is -0.382 e. The monoisotopic (exact) mass is 331 g/mol. The molecule has 3 aromatic rings. The topological polar surface area (TPSA) is 31.1 Å². The Labute approximate surface area is 149 Å². The van der Waals surface area contributed by atoms with E-state index in [4.69, 9.17) is 0 Å². The predicted octanol–water partition coefficient (Wildman–Crippen LogP) is 4.87. The number of benzene rings is 2. The zero-order valence-corrected chi connectivity index (χ0v) is 14.7. The van der Waals surface area contributed by atoms with Gasteiger partial charge in [-0.15, -0.1) is 0 Å². The van der Waals surface area contributed by atoms with E-state index in [-0.39, 0.29) is 0 Å². The molecular formula is C22H25N3. The number of aromatic nitrogens is 1. The molecule has 2 saturated heterocycles. The largest absolute Gasteiger partial charge is 0.382 e. The highest BCUT2D eigenvalue weighted by Gasteiger charge is 2.38. The first kappa shape index (κ1) is 15.0. The summed E-state index contributed by atoms with van der Waals surface area (Å²) in [6.07, 6.45) is 7.31. The third-order valence-corrected chi connectivity index (χ3v) is 6.26. The van der Waals surface area contributed by atoms with Gasteiger partial charge in [-0.3, -0.25) is 0 Å². The van der Waals surface area contributed by atoms with Gasteiger partial charge in [0.05, 0.1) is 0 Å². The number of anilines is 1. The molecule has 3 atom stereocenters. The van der Waals surface area contributed by atoms with Crippen molar-refractivity contribution in [2.24, 2.45) is 0 Å². The number of hydrogen-bond acceptors (Lipinski definition) is 2. The number of aromatic amines is 1. The summed E-state index contributed by atoms with van der Waals surface area (Å²) in [6, 6.07) is 19.7. The van der Waals surface area contributed by atoms with Crippen molar-refractivity contribution in [2.45, 2.75) is 43.8 Å². The van der Waals surface area contributed by atoms with Crippen LogP contribution in [0.15, 0.2) is 54.7 Å². The van der Waals surface area contributed by atoms with Crippen molar-refractivity contribution < 1.29 is 0 Å². The van der Waals surface area contributed by atoms with Gasteiger partial charge in [-0.25, -0.2) is 0 Å². The molecule has 2 aliphatic rings. The van der Waals surface area contributed by atoms with Crippen molar-refractivity contribution in [3.63, 3.8) is 0 Å². The van der Waals surface area contributed by atoms with E-state index in [0.29, 0.717) is 6.04 Å². The van der Waals surface area contributed by atoms with Gasteiger partial charge in [-0.05, 0) is 68.1 Å². The lowest BCUT2D eigenvalue weighted by Crippen LogP contribution is -2.44. The van der Waals surface area contributed by atoms with Crippen LogP contribution in [-0.4, -0.2) is 35.1 Å². The van der Waals surface area contributed by atoms with Crippen LogP contribution in [0.2, 0.25) is 0 Å². The third-order valence-electron chi connectivity index (χ3n) is 6.26. The van der Waals surface area contributed by atoms with Crippen LogP contribution in [-0.2, 0) is 0 Å². The SMILES string of the molecule is CN1[C@@H]2CC[C@H]1C[C@@H](Nc1ccc(-c3cccc4[nH]ccc34)cc1)C2.